The molecule has 1 aromatic carbocycles. The highest BCUT2D eigenvalue weighted by Crippen LogP contribution is 2.23. The monoisotopic (exact) mass is 313 g/mol. The first-order chi connectivity index (χ1) is 8.06. The molecule has 0 atom stereocenters. The number of anilines is 1. The van der Waals surface area contributed by atoms with E-state index in [4.69, 9.17) is 0 Å². The van der Waals surface area contributed by atoms with Crippen LogP contribution in [0.5, 0.6) is 0 Å². The Morgan fingerprint density at radius 3 is 2.65 bits per heavy atom. The smallest absolute Gasteiger partial charge is 0.139 e. The van der Waals surface area contributed by atoms with E-state index in [1.165, 1.54) is 21.4 Å². The van der Waals surface area contributed by atoms with Crippen LogP contribution < -0.4 is 5.32 Å². The fraction of sp³-hybridized carbons (Fsp3) is 0.231. The number of aryl methyl sites for hydroxylation is 2. The van der Waals surface area contributed by atoms with E-state index >= 15 is 0 Å². The fourth-order valence-corrected chi connectivity index (χ4v) is 2.86. The first-order valence-electron chi connectivity index (χ1n) is 5.31. The van der Waals surface area contributed by atoms with Crippen LogP contribution in [-0.2, 0) is 6.54 Å². The van der Waals surface area contributed by atoms with E-state index in [9.17, 15) is 4.39 Å². The minimum absolute atomic E-state index is 0.242. The molecule has 2 aromatic rings. The van der Waals surface area contributed by atoms with Crippen molar-refractivity contribution in [1.82, 2.24) is 0 Å². The minimum atomic E-state index is -0.242. The van der Waals surface area contributed by atoms with Crippen molar-refractivity contribution in [3.63, 3.8) is 0 Å². The zero-order valence-electron chi connectivity index (χ0n) is 9.68. The fourth-order valence-electron chi connectivity index (χ4n) is 1.66. The molecule has 0 radical (unpaired) electrons. The van der Waals surface area contributed by atoms with Gasteiger partial charge in [-0.1, -0.05) is 0 Å². The van der Waals surface area contributed by atoms with Gasteiger partial charge in [-0.15, -0.1) is 11.3 Å². The molecule has 4 heteroatoms. The average Bonchev–Trinajstić information content (AvgIpc) is 2.59. The van der Waals surface area contributed by atoms with E-state index in [0.29, 0.717) is 4.47 Å². The summed E-state index contributed by atoms with van der Waals surface area (Å²) in [6.07, 6.45) is 0. The maximum absolute atomic E-state index is 13.3. The molecule has 0 aliphatic heterocycles. The Labute approximate surface area is 113 Å². The lowest BCUT2D eigenvalue weighted by atomic mass is 10.2. The van der Waals surface area contributed by atoms with Crippen molar-refractivity contribution in [2.24, 2.45) is 0 Å². The molecule has 0 saturated carbocycles. The Bertz CT molecular complexity index is 536. The second-order valence-electron chi connectivity index (χ2n) is 3.92. The highest BCUT2D eigenvalue weighted by atomic mass is 79.9. The molecule has 0 aliphatic carbocycles. The van der Waals surface area contributed by atoms with Crippen molar-refractivity contribution in [2.45, 2.75) is 20.4 Å². The molecule has 0 bridgehead atoms. The zero-order valence-corrected chi connectivity index (χ0v) is 12.1. The number of nitrogens with one attached hydrogen (secondary N) is 1. The van der Waals surface area contributed by atoms with Gasteiger partial charge in [0.1, 0.15) is 5.82 Å². The number of hydrogen-bond donors (Lipinski definition) is 1. The lowest BCUT2D eigenvalue weighted by molar-refractivity contribution is 0.621. The summed E-state index contributed by atoms with van der Waals surface area (Å²) in [5.74, 6) is -0.242. The predicted molar refractivity (Wildman–Crippen MR) is 75.2 cm³/mol. The third kappa shape index (κ3) is 3.07. The highest BCUT2D eigenvalue weighted by Gasteiger charge is 2.04. The maximum atomic E-state index is 13.3. The van der Waals surface area contributed by atoms with Crippen LogP contribution in [0, 0.1) is 19.7 Å². The second-order valence-corrected chi connectivity index (χ2v) is 6.24. The summed E-state index contributed by atoms with van der Waals surface area (Å²) in [7, 11) is 0. The molecule has 17 heavy (non-hydrogen) atoms. The van der Waals surface area contributed by atoms with Gasteiger partial charge in [0.25, 0.3) is 0 Å². The first-order valence-corrected chi connectivity index (χ1v) is 6.92. The van der Waals surface area contributed by atoms with Crippen molar-refractivity contribution in [2.75, 3.05) is 5.32 Å². The number of hydrogen-bond acceptors (Lipinski definition) is 2. The van der Waals surface area contributed by atoms with Crippen LogP contribution in [0.15, 0.2) is 28.7 Å². The molecular weight excluding hydrogens is 301 g/mol. The van der Waals surface area contributed by atoms with E-state index in [1.807, 2.05) is 6.07 Å². The summed E-state index contributed by atoms with van der Waals surface area (Å²) in [6.45, 7) is 4.94. The molecule has 0 unspecified atom stereocenters. The van der Waals surface area contributed by atoms with E-state index in [0.717, 1.165) is 12.2 Å². The van der Waals surface area contributed by atoms with Gasteiger partial charge in [-0.2, -0.15) is 0 Å². The Morgan fingerprint density at radius 1 is 1.29 bits per heavy atom. The van der Waals surface area contributed by atoms with Gasteiger partial charge in [0, 0.05) is 22.0 Å². The van der Waals surface area contributed by atoms with E-state index in [1.54, 1.807) is 17.4 Å². The van der Waals surface area contributed by atoms with Gasteiger partial charge in [0.2, 0.25) is 0 Å². The lowest BCUT2D eigenvalue weighted by Crippen LogP contribution is -1.99. The van der Waals surface area contributed by atoms with Crippen LogP contribution >= 0.6 is 27.3 Å². The van der Waals surface area contributed by atoms with Gasteiger partial charge >= 0.3 is 0 Å². The van der Waals surface area contributed by atoms with Crippen molar-refractivity contribution < 1.29 is 4.39 Å². The van der Waals surface area contributed by atoms with E-state index in [-0.39, 0.29) is 5.82 Å². The summed E-state index contributed by atoms with van der Waals surface area (Å²) in [5, 5.41) is 3.23. The molecule has 1 nitrogen and oxygen atoms in total. The normalized spacial score (nSPS) is 10.6. The van der Waals surface area contributed by atoms with Gasteiger partial charge < -0.3 is 5.32 Å². The van der Waals surface area contributed by atoms with Crippen LogP contribution in [0.3, 0.4) is 0 Å². The number of benzene rings is 1. The zero-order chi connectivity index (χ0) is 12.4. The topological polar surface area (TPSA) is 12.0 Å². The summed E-state index contributed by atoms with van der Waals surface area (Å²) in [4.78, 5) is 2.62. The number of halogens is 2. The Balaban J connectivity index is 2.07. The molecule has 2 rings (SSSR count). The van der Waals surface area contributed by atoms with Crippen LogP contribution in [0.2, 0.25) is 0 Å². The van der Waals surface area contributed by atoms with E-state index < -0.39 is 0 Å². The Kier molecular flexibility index (Phi) is 3.84. The van der Waals surface area contributed by atoms with Gasteiger partial charge in [-0.3, -0.25) is 0 Å². The molecule has 0 fully saturated rings. The van der Waals surface area contributed by atoms with Gasteiger partial charge in [-0.05, 0) is 59.6 Å². The largest absolute Gasteiger partial charge is 0.381 e. The summed E-state index contributed by atoms with van der Waals surface area (Å²) in [6, 6.07) is 7.24. The molecule has 1 aromatic heterocycles. The van der Waals surface area contributed by atoms with Crippen LogP contribution in [0.1, 0.15) is 15.3 Å². The summed E-state index contributed by atoms with van der Waals surface area (Å²) in [5.41, 5.74) is 2.07. The number of thiophene rings is 1. The molecular formula is C13H13BrFNS. The van der Waals surface area contributed by atoms with Crippen LogP contribution in [-0.4, -0.2) is 0 Å². The standard InChI is InChI=1S/C13H13BrFNS/c1-8-5-10(9(2)17-8)7-16-11-3-4-12(14)13(15)6-11/h3-6,16H,7H2,1-2H3. The number of rotatable bonds is 3. The van der Waals surface area contributed by atoms with Crippen LogP contribution in [0.4, 0.5) is 10.1 Å². The van der Waals surface area contributed by atoms with E-state index in [2.05, 4.69) is 41.2 Å². The second kappa shape index (κ2) is 5.19. The van der Waals surface area contributed by atoms with Crippen molar-refractivity contribution in [3.05, 3.63) is 49.9 Å². The van der Waals surface area contributed by atoms with Crippen molar-refractivity contribution in [3.8, 4) is 0 Å². The predicted octanol–water partition coefficient (Wildman–Crippen LogP) is 4.88. The minimum Gasteiger partial charge on any atom is -0.381 e. The Morgan fingerprint density at radius 2 is 2.06 bits per heavy atom. The maximum Gasteiger partial charge on any atom is 0.139 e. The summed E-state index contributed by atoms with van der Waals surface area (Å²) < 4.78 is 13.8. The highest BCUT2D eigenvalue weighted by molar-refractivity contribution is 9.10. The molecule has 0 aliphatic rings. The van der Waals surface area contributed by atoms with Crippen molar-refractivity contribution in [1.29, 1.82) is 0 Å². The van der Waals surface area contributed by atoms with Crippen LogP contribution in [0.25, 0.3) is 0 Å². The van der Waals surface area contributed by atoms with Crippen molar-refractivity contribution >= 4 is 33.0 Å². The molecule has 90 valence electrons. The Hall–Kier alpha value is -0.870. The molecule has 0 amide bonds. The molecule has 1 heterocycles. The first kappa shape index (κ1) is 12.6. The third-order valence-electron chi connectivity index (χ3n) is 2.55. The summed E-state index contributed by atoms with van der Waals surface area (Å²) >= 11 is 4.93. The molecule has 0 saturated heterocycles. The third-order valence-corrected chi connectivity index (χ3v) is 4.20. The quantitative estimate of drug-likeness (QED) is 0.851. The lowest BCUT2D eigenvalue weighted by Gasteiger charge is -2.06. The van der Waals surface area contributed by atoms with Gasteiger partial charge in [0.15, 0.2) is 0 Å². The SMILES string of the molecule is Cc1cc(CNc2ccc(Br)c(F)c2)c(C)s1. The average molecular weight is 314 g/mol. The van der Waals surface area contributed by atoms with Gasteiger partial charge in [-0.25, -0.2) is 4.39 Å². The van der Waals surface area contributed by atoms with Gasteiger partial charge in [0.05, 0.1) is 4.47 Å². The molecule has 0 spiro atoms. The molecule has 1 N–H and O–H groups in total.